The van der Waals surface area contributed by atoms with Gasteiger partial charge >= 0.3 is 0 Å². The van der Waals surface area contributed by atoms with Crippen LogP contribution in [0, 0.1) is 0 Å². The molecule has 0 spiro atoms. The summed E-state index contributed by atoms with van der Waals surface area (Å²) < 4.78 is 5.16. The molecular formula is C15H19N5O. The Kier molecular flexibility index (Phi) is 4.98. The van der Waals surface area contributed by atoms with E-state index in [2.05, 4.69) is 15.4 Å². The molecule has 21 heavy (non-hydrogen) atoms. The Labute approximate surface area is 123 Å². The van der Waals surface area contributed by atoms with E-state index < -0.39 is 0 Å². The first-order chi connectivity index (χ1) is 10.2. The number of hydrogen-bond acceptors (Lipinski definition) is 5. The van der Waals surface area contributed by atoms with Crippen LogP contribution in [-0.4, -0.2) is 17.9 Å². The minimum atomic E-state index is 0.456. The average molecular weight is 285 g/mol. The number of nitrogens with one attached hydrogen (secondary N) is 1. The van der Waals surface area contributed by atoms with E-state index in [0.717, 1.165) is 23.7 Å². The zero-order valence-electron chi connectivity index (χ0n) is 11.9. The van der Waals surface area contributed by atoms with Crippen molar-refractivity contribution in [1.82, 2.24) is 4.98 Å². The molecule has 0 bridgehead atoms. The molecule has 0 saturated carbocycles. The minimum Gasteiger partial charge on any atom is -0.497 e. The van der Waals surface area contributed by atoms with Gasteiger partial charge in [0.15, 0.2) is 0 Å². The third-order valence-electron chi connectivity index (χ3n) is 3.03. The first-order valence-electron chi connectivity index (χ1n) is 6.59. The maximum Gasteiger partial charge on any atom is 0.133 e. The lowest BCUT2D eigenvalue weighted by molar-refractivity contribution is 0.414. The number of nitrogens with zero attached hydrogens (tertiary/aromatic N) is 2. The van der Waals surface area contributed by atoms with Gasteiger partial charge in [-0.1, -0.05) is 12.1 Å². The largest absolute Gasteiger partial charge is 0.497 e. The number of methoxy groups -OCH3 is 1. The lowest BCUT2D eigenvalue weighted by atomic mass is 10.1. The van der Waals surface area contributed by atoms with Crippen LogP contribution in [0.2, 0.25) is 0 Å². The number of amidine groups is 1. The Morgan fingerprint density at radius 1 is 1.29 bits per heavy atom. The molecule has 0 unspecified atom stereocenters. The van der Waals surface area contributed by atoms with Crippen molar-refractivity contribution in [1.29, 1.82) is 0 Å². The second-order valence-corrected chi connectivity index (χ2v) is 4.52. The molecule has 1 heterocycles. The molecule has 0 fully saturated rings. The number of pyridine rings is 1. The molecule has 0 aliphatic carbocycles. The van der Waals surface area contributed by atoms with Gasteiger partial charge in [0.1, 0.15) is 17.4 Å². The number of hydrazone groups is 1. The predicted octanol–water partition coefficient (Wildman–Crippen LogP) is 2.00. The van der Waals surface area contributed by atoms with E-state index in [-0.39, 0.29) is 0 Å². The zero-order valence-corrected chi connectivity index (χ0v) is 11.9. The van der Waals surface area contributed by atoms with Gasteiger partial charge in [0.2, 0.25) is 0 Å². The Bertz CT molecular complexity index is 610. The van der Waals surface area contributed by atoms with Gasteiger partial charge in [0, 0.05) is 24.4 Å². The highest BCUT2D eigenvalue weighted by Gasteiger charge is 2.00. The highest BCUT2D eigenvalue weighted by Crippen LogP contribution is 2.19. The normalized spacial score (nSPS) is 11.2. The zero-order chi connectivity index (χ0) is 15.1. The van der Waals surface area contributed by atoms with Crippen LogP contribution < -0.4 is 21.6 Å². The fraction of sp³-hybridized carbons (Fsp3) is 0.200. The molecule has 0 aliphatic heterocycles. The van der Waals surface area contributed by atoms with Crippen molar-refractivity contribution < 1.29 is 4.74 Å². The molecule has 110 valence electrons. The summed E-state index contributed by atoms with van der Waals surface area (Å²) in [4.78, 5) is 4.24. The Hall–Kier alpha value is -2.76. The van der Waals surface area contributed by atoms with Crippen molar-refractivity contribution in [3.8, 4) is 5.75 Å². The van der Waals surface area contributed by atoms with Crippen LogP contribution in [0.1, 0.15) is 12.0 Å². The summed E-state index contributed by atoms with van der Waals surface area (Å²) in [6, 6.07) is 11.7. The standard InChI is InChI=1S/C15H19N5O/c1-21-13-8-9-18-15(10-13)19-12-5-2-11(3-6-12)4-7-14(16)20-17/h2-3,5-6,8-10H,4,7,17H2,1H3,(H2,16,20)(H,18,19). The summed E-state index contributed by atoms with van der Waals surface area (Å²) in [6.07, 6.45) is 3.16. The van der Waals surface area contributed by atoms with Crippen molar-refractivity contribution >= 4 is 17.3 Å². The molecule has 5 N–H and O–H groups in total. The van der Waals surface area contributed by atoms with Crippen LogP contribution in [0.3, 0.4) is 0 Å². The summed E-state index contributed by atoms with van der Waals surface area (Å²) in [7, 11) is 1.63. The van der Waals surface area contributed by atoms with E-state index >= 15 is 0 Å². The van der Waals surface area contributed by atoms with Crippen LogP contribution in [0.5, 0.6) is 5.75 Å². The van der Waals surface area contributed by atoms with Crippen molar-refractivity contribution in [2.45, 2.75) is 12.8 Å². The molecule has 0 aliphatic rings. The Morgan fingerprint density at radius 3 is 2.71 bits per heavy atom. The molecule has 6 heteroatoms. The fourth-order valence-corrected chi connectivity index (χ4v) is 1.85. The van der Waals surface area contributed by atoms with Gasteiger partial charge in [-0.05, 0) is 30.2 Å². The van der Waals surface area contributed by atoms with Crippen molar-refractivity contribution in [2.24, 2.45) is 16.7 Å². The van der Waals surface area contributed by atoms with E-state index in [9.17, 15) is 0 Å². The first kappa shape index (κ1) is 14.6. The molecule has 0 radical (unpaired) electrons. The van der Waals surface area contributed by atoms with Gasteiger partial charge < -0.3 is 21.6 Å². The van der Waals surface area contributed by atoms with E-state index in [1.807, 2.05) is 30.3 Å². The summed E-state index contributed by atoms with van der Waals surface area (Å²) in [5, 5.41) is 6.68. The third kappa shape index (κ3) is 4.38. The summed E-state index contributed by atoms with van der Waals surface area (Å²) in [5.41, 5.74) is 7.70. The SMILES string of the molecule is COc1ccnc(Nc2ccc(CC/C(N)=N/N)cc2)c1. The predicted molar refractivity (Wildman–Crippen MR) is 84.6 cm³/mol. The lowest BCUT2D eigenvalue weighted by Gasteiger charge is -2.08. The number of rotatable bonds is 6. The van der Waals surface area contributed by atoms with Crippen LogP contribution in [0.25, 0.3) is 0 Å². The molecular weight excluding hydrogens is 266 g/mol. The van der Waals surface area contributed by atoms with E-state index in [1.165, 1.54) is 5.56 Å². The molecule has 0 amide bonds. The van der Waals surface area contributed by atoms with Crippen molar-refractivity contribution in [2.75, 3.05) is 12.4 Å². The van der Waals surface area contributed by atoms with Gasteiger partial charge in [-0.15, -0.1) is 0 Å². The van der Waals surface area contributed by atoms with Crippen molar-refractivity contribution in [3.05, 3.63) is 48.2 Å². The number of anilines is 2. The monoisotopic (exact) mass is 285 g/mol. The molecule has 6 nitrogen and oxygen atoms in total. The summed E-state index contributed by atoms with van der Waals surface area (Å²) in [6.45, 7) is 0. The number of benzene rings is 1. The number of aromatic nitrogens is 1. The van der Waals surface area contributed by atoms with Crippen LogP contribution in [-0.2, 0) is 6.42 Å². The highest BCUT2D eigenvalue weighted by molar-refractivity contribution is 5.80. The highest BCUT2D eigenvalue weighted by atomic mass is 16.5. The van der Waals surface area contributed by atoms with Crippen LogP contribution in [0.4, 0.5) is 11.5 Å². The topological polar surface area (TPSA) is 98.5 Å². The van der Waals surface area contributed by atoms with Crippen LogP contribution in [0.15, 0.2) is 47.7 Å². The summed E-state index contributed by atoms with van der Waals surface area (Å²) >= 11 is 0. The maximum atomic E-state index is 5.57. The van der Waals surface area contributed by atoms with Gasteiger partial charge in [0.25, 0.3) is 0 Å². The smallest absolute Gasteiger partial charge is 0.133 e. The molecule has 0 atom stereocenters. The number of ether oxygens (including phenoxy) is 1. The number of aryl methyl sites for hydroxylation is 1. The fourth-order valence-electron chi connectivity index (χ4n) is 1.85. The Morgan fingerprint density at radius 2 is 2.05 bits per heavy atom. The lowest BCUT2D eigenvalue weighted by Crippen LogP contribution is -2.14. The van der Waals surface area contributed by atoms with E-state index in [0.29, 0.717) is 12.3 Å². The van der Waals surface area contributed by atoms with E-state index in [4.69, 9.17) is 16.3 Å². The van der Waals surface area contributed by atoms with Gasteiger partial charge in [-0.3, -0.25) is 0 Å². The first-order valence-corrected chi connectivity index (χ1v) is 6.59. The number of hydrogen-bond donors (Lipinski definition) is 3. The summed E-state index contributed by atoms with van der Waals surface area (Å²) in [5.74, 6) is 7.06. The van der Waals surface area contributed by atoms with E-state index in [1.54, 1.807) is 19.4 Å². The second-order valence-electron chi connectivity index (χ2n) is 4.52. The molecule has 1 aromatic heterocycles. The van der Waals surface area contributed by atoms with Crippen molar-refractivity contribution in [3.63, 3.8) is 0 Å². The molecule has 1 aromatic carbocycles. The molecule has 0 saturated heterocycles. The maximum absolute atomic E-state index is 5.57. The number of nitrogens with two attached hydrogens (primary N) is 2. The quantitative estimate of drug-likeness (QED) is 0.326. The Balaban J connectivity index is 1.98. The third-order valence-corrected chi connectivity index (χ3v) is 3.03. The minimum absolute atomic E-state index is 0.456. The average Bonchev–Trinajstić information content (AvgIpc) is 2.54. The second kappa shape index (κ2) is 7.14. The van der Waals surface area contributed by atoms with Gasteiger partial charge in [0.05, 0.1) is 7.11 Å². The van der Waals surface area contributed by atoms with Crippen LogP contribution >= 0.6 is 0 Å². The molecule has 2 rings (SSSR count). The van der Waals surface area contributed by atoms with Gasteiger partial charge in [-0.2, -0.15) is 5.10 Å². The molecule has 2 aromatic rings. The van der Waals surface area contributed by atoms with Gasteiger partial charge in [-0.25, -0.2) is 4.98 Å².